The molecule has 0 aliphatic rings. The van der Waals surface area contributed by atoms with E-state index < -0.39 is 0 Å². The molecule has 2 aromatic heterocycles. The Balaban J connectivity index is 0.00000225. The minimum Gasteiger partial charge on any atom is -0.492 e. The molecule has 1 N–H and O–H groups in total. The van der Waals surface area contributed by atoms with Crippen molar-refractivity contribution in [2.45, 2.75) is 12.8 Å². The van der Waals surface area contributed by atoms with Gasteiger partial charge in [-0.25, -0.2) is 4.98 Å². The maximum absolute atomic E-state index is 5.75. The van der Waals surface area contributed by atoms with Crippen molar-refractivity contribution >= 4 is 0 Å². The van der Waals surface area contributed by atoms with Crippen LogP contribution in [0.4, 0.5) is 0 Å². The predicted octanol–water partition coefficient (Wildman–Crippen LogP) is 3.75. The van der Waals surface area contributed by atoms with Crippen LogP contribution in [0.3, 0.4) is 0 Å². The molecule has 24 heavy (non-hydrogen) atoms. The highest BCUT2D eigenvalue weighted by atomic mass is 16.5. The van der Waals surface area contributed by atoms with Crippen molar-refractivity contribution in [3.05, 3.63) is 67.0 Å². The number of ether oxygens (including phenoxy) is 1. The van der Waals surface area contributed by atoms with Crippen LogP contribution in [0.5, 0.6) is 5.75 Å². The molecule has 0 aliphatic carbocycles. The Kier molecular flexibility index (Phi) is 5.58. The van der Waals surface area contributed by atoms with E-state index in [1.165, 1.54) is 12.0 Å². The van der Waals surface area contributed by atoms with E-state index in [4.69, 9.17) is 9.15 Å². The van der Waals surface area contributed by atoms with E-state index in [0.29, 0.717) is 12.5 Å². The summed E-state index contributed by atoms with van der Waals surface area (Å²) in [6.07, 6.45) is 6.77. The van der Waals surface area contributed by atoms with Crippen molar-refractivity contribution in [2.75, 3.05) is 19.7 Å². The van der Waals surface area contributed by atoms with E-state index >= 15 is 0 Å². The molecule has 3 rings (SSSR count). The van der Waals surface area contributed by atoms with Crippen LogP contribution >= 0.6 is 0 Å². The number of hydrogen-bond acceptors (Lipinski definition) is 5. The number of hydrogen-bond donors (Lipinski definition) is 1. The lowest BCUT2D eigenvalue weighted by Crippen LogP contribution is -2.25. The first-order valence-electron chi connectivity index (χ1n) is 8.05. The van der Waals surface area contributed by atoms with Gasteiger partial charge in [0.25, 0.3) is 0 Å². The van der Waals surface area contributed by atoms with Crippen molar-refractivity contribution in [1.82, 2.24) is 15.3 Å². The van der Waals surface area contributed by atoms with Gasteiger partial charge in [0.2, 0.25) is 0 Å². The van der Waals surface area contributed by atoms with E-state index in [2.05, 4.69) is 28.3 Å². The number of benzene rings is 1. The minimum absolute atomic E-state index is 0. The fraction of sp³-hybridized carbons (Fsp3) is 0.263. The summed E-state index contributed by atoms with van der Waals surface area (Å²) in [7, 11) is 0. The van der Waals surface area contributed by atoms with Gasteiger partial charge in [-0.15, -0.1) is 0 Å². The second kappa shape index (κ2) is 8.26. The lowest BCUT2D eigenvalue weighted by molar-refractivity contribution is 0.313. The molecule has 126 valence electrons. The molecule has 1 aromatic carbocycles. The highest BCUT2D eigenvalue weighted by Gasteiger charge is 2.04. The van der Waals surface area contributed by atoms with Crippen molar-refractivity contribution in [3.63, 3.8) is 0 Å². The Bertz CT molecular complexity index is 718. The second-order valence-corrected chi connectivity index (χ2v) is 5.64. The number of aromatic nitrogens is 2. The maximum Gasteiger partial charge on any atom is 0.181 e. The molecule has 0 aliphatic heterocycles. The molecule has 0 amide bonds. The van der Waals surface area contributed by atoms with Crippen molar-refractivity contribution in [3.8, 4) is 17.0 Å². The number of rotatable bonds is 8. The fourth-order valence-corrected chi connectivity index (χ4v) is 2.42. The number of nitrogens with one attached hydrogen (secondary N) is 1. The molecule has 5 nitrogen and oxygen atoms in total. The monoisotopic (exact) mass is 325 g/mol. The van der Waals surface area contributed by atoms with Crippen LogP contribution in [0.2, 0.25) is 0 Å². The number of nitrogens with zero attached hydrogens (tertiary/aromatic N) is 2. The van der Waals surface area contributed by atoms with E-state index in [1.807, 2.05) is 36.5 Å². The van der Waals surface area contributed by atoms with Gasteiger partial charge in [-0.2, -0.15) is 0 Å². The van der Waals surface area contributed by atoms with Gasteiger partial charge in [0, 0.05) is 32.5 Å². The van der Waals surface area contributed by atoms with Crippen molar-refractivity contribution in [2.24, 2.45) is 0 Å². The summed E-state index contributed by atoms with van der Waals surface area (Å²) >= 11 is 0. The van der Waals surface area contributed by atoms with Crippen molar-refractivity contribution in [1.29, 1.82) is 0 Å². The summed E-state index contributed by atoms with van der Waals surface area (Å²) in [5.41, 5.74) is 3.08. The van der Waals surface area contributed by atoms with Gasteiger partial charge < -0.3 is 14.5 Å². The van der Waals surface area contributed by atoms with Gasteiger partial charge in [-0.3, -0.25) is 4.98 Å². The standard InChI is InChI=1S/C19H21N3O2.H2/c1-15(17-3-2-8-20-12-17)11-21-9-10-24-18-6-4-16(5-7-18)19-13-23-14-22-19;/h2-8,12-15,21H,9-11H2,1H3;1H/t15-;/m0./s1. The topological polar surface area (TPSA) is 60.2 Å². The van der Waals surface area contributed by atoms with Crippen LogP contribution in [0.15, 0.2) is 65.9 Å². The molecular weight excluding hydrogens is 302 g/mol. The lowest BCUT2D eigenvalue weighted by atomic mass is 10.0. The second-order valence-electron chi connectivity index (χ2n) is 5.64. The molecule has 5 heteroatoms. The van der Waals surface area contributed by atoms with E-state index in [9.17, 15) is 0 Å². The molecule has 0 spiro atoms. The Morgan fingerprint density at radius 1 is 1.25 bits per heavy atom. The zero-order valence-corrected chi connectivity index (χ0v) is 13.7. The summed E-state index contributed by atoms with van der Waals surface area (Å²) in [6.45, 7) is 4.52. The summed E-state index contributed by atoms with van der Waals surface area (Å²) in [5, 5.41) is 3.41. The SMILES string of the molecule is C[C@@H](CNCCOc1ccc(-c2cocn2)cc1)c1cccnc1.[HH]. The van der Waals surface area contributed by atoms with Gasteiger partial charge in [0.05, 0.1) is 0 Å². The third-order valence-electron chi connectivity index (χ3n) is 3.83. The molecule has 0 radical (unpaired) electrons. The van der Waals surface area contributed by atoms with Crippen LogP contribution < -0.4 is 10.1 Å². The molecule has 0 bridgehead atoms. The molecule has 0 fully saturated rings. The van der Waals surface area contributed by atoms with E-state index in [1.54, 1.807) is 12.5 Å². The molecular formula is C19H23N3O2. The first-order chi connectivity index (χ1) is 11.8. The molecule has 2 heterocycles. The quantitative estimate of drug-likeness (QED) is 0.639. The average molecular weight is 325 g/mol. The van der Waals surface area contributed by atoms with Crippen LogP contribution in [-0.4, -0.2) is 29.7 Å². The van der Waals surface area contributed by atoms with Crippen LogP contribution in [0.25, 0.3) is 11.3 Å². The molecule has 3 aromatic rings. The third-order valence-corrected chi connectivity index (χ3v) is 3.83. The van der Waals surface area contributed by atoms with Gasteiger partial charge >= 0.3 is 0 Å². The lowest BCUT2D eigenvalue weighted by Gasteiger charge is -2.13. The molecule has 0 unspecified atom stereocenters. The number of oxazole rings is 1. The molecule has 1 atom stereocenters. The Morgan fingerprint density at radius 3 is 2.83 bits per heavy atom. The number of pyridine rings is 1. The summed E-state index contributed by atoms with van der Waals surface area (Å²) < 4.78 is 10.7. The zero-order chi connectivity index (χ0) is 16.6. The summed E-state index contributed by atoms with van der Waals surface area (Å²) in [6, 6.07) is 11.9. The third kappa shape index (κ3) is 4.43. The van der Waals surface area contributed by atoms with Gasteiger partial charge in [0.1, 0.15) is 24.3 Å². The summed E-state index contributed by atoms with van der Waals surface area (Å²) in [5.74, 6) is 1.28. The highest BCUT2D eigenvalue weighted by Crippen LogP contribution is 2.20. The van der Waals surface area contributed by atoms with Crippen LogP contribution in [0.1, 0.15) is 19.8 Å². The average Bonchev–Trinajstić information content (AvgIpc) is 3.17. The maximum atomic E-state index is 5.75. The van der Waals surface area contributed by atoms with E-state index in [-0.39, 0.29) is 1.43 Å². The smallest absolute Gasteiger partial charge is 0.181 e. The predicted molar refractivity (Wildman–Crippen MR) is 95.1 cm³/mol. The van der Waals surface area contributed by atoms with Crippen LogP contribution in [0, 0.1) is 0 Å². The highest BCUT2D eigenvalue weighted by molar-refractivity contribution is 5.58. The first kappa shape index (κ1) is 16.2. The van der Waals surface area contributed by atoms with E-state index in [0.717, 1.165) is 30.1 Å². The first-order valence-corrected chi connectivity index (χ1v) is 8.05. The van der Waals surface area contributed by atoms with Gasteiger partial charge in [-0.05, 0) is 41.8 Å². The fourth-order valence-electron chi connectivity index (χ4n) is 2.42. The summed E-state index contributed by atoms with van der Waals surface area (Å²) in [4.78, 5) is 8.27. The molecule has 0 saturated heterocycles. The Hall–Kier alpha value is -2.66. The van der Waals surface area contributed by atoms with Gasteiger partial charge in [-0.1, -0.05) is 13.0 Å². The molecule has 0 saturated carbocycles. The zero-order valence-electron chi connectivity index (χ0n) is 13.7. The van der Waals surface area contributed by atoms with Crippen molar-refractivity contribution < 1.29 is 10.6 Å². The normalized spacial score (nSPS) is 12.0. The Morgan fingerprint density at radius 2 is 2.12 bits per heavy atom. The van der Waals surface area contributed by atoms with Gasteiger partial charge in [0.15, 0.2) is 6.39 Å². The van der Waals surface area contributed by atoms with Crippen LogP contribution in [-0.2, 0) is 0 Å². The Labute approximate surface area is 143 Å². The largest absolute Gasteiger partial charge is 0.492 e. The minimum atomic E-state index is 0.